The number of hydrogen-bond donors (Lipinski definition) is 3. The third-order valence-corrected chi connectivity index (χ3v) is 7.58. The fourth-order valence-corrected chi connectivity index (χ4v) is 5.45. The molecular formula is C32H37F3N6O. The minimum absolute atomic E-state index is 0.232. The zero-order chi connectivity index (χ0) is 29.5. The van der Waals surface area contributed by atoms with E-state index in [1.165, 1.54) is 17.7 Å². The van der Waals surface area contributed by atoms with Crippen LogP contribution in [0.4, 0.5) is 30.6 Å². The molecule has 4 aromatic rings. The lowest BCUT2D eigenvalue weighted by Gasteiger charge is -2.30. The van der Waals surface area contributed by atoms with E-state index in [-0.39, 0.29) is 5.75 Å². The Bertz CT molecular complexity index is 1450. The Morgan fingerprint density at radius 2 is 1.50 bits per heavy atom. The molecule has 1 aliphatic rings. The highest BCUT2D eigenvalue weighted by atomic mass is 19.4. The predicted molar refractivity (Wildman–Crippen MR) is 162 cm³/mol. The fourth-order valence-electron chi connectivity index (χ4n) is 5.45. The first-order chi connectivity index (χ1) is 20.2. The van der Waals surface area contributed by atoms with Crippen LogP contribution >= 0.6 is 0 Å². The van der Waals surface area contributed by atoms with Crippen molar-refractivity contribution in [2.45, 2.75) is 57.1 Å². The van der Waals surface area contributed by atoms with Gasteiger partial charge in [-0.1, -0.05) is 36.4 Å². The average Bonchev–Trinajstić information content (AvgIpc) is 2.97. The number of benzene rings is 3. The topological polar surface area (TPSA) is 74.3 Å². The van der Waals surface area contributed by atoms with Crippen LogP contribution in [0.3, 0.4) is 0 Å². The lowest BCUT2D eigenvalue weighted by molar-refractivity contribution is -0.274. The van der Waals surface area contributed by atoms with E-state index in [0.717, 1.165) is 66.6 Å². The summed E-state index contributed by atoms with van der Waals surface area (Å²) in [6.07, 6.45) is 0.483. The molecule has 0 unspecified atom stereocenters. The van der Waals surface area contributed by atoms with E-state index >= 15 is 0 Å². The van der Waals surface area contributed by atoms with Gasteiger partial charge in [0.1, 0.15) is 11.6 Å². The molecule has 0 radical (unpaired) electrons. The largest absolute Gasteiger partial charge is 0.573 e. The molecule has 0 bridgehead atoms. The van der Waals surface area contributed by atoms with Crippen LogP contribution in [-0.2, 0) is 13.0 Å². The molecule has 0 spiro atoms. The van der Waals surface area contributed by atoms with E-state index < -0.39 is 6.36 Å². The maximum Gasteiger partial charge on any atom is 0.573 e. The van der Waals surface area contributed by atoms with Gasteiger partial charge in [0, 0.05) is 43.8 Å². The molecule has 1 fully saturated rings. The molecule has 0 atom stereocenters. The normalized spacial score (nSPS) is 17.2. The Morgan fingerprint density at radius 1 is 0.833 bits per heavy atom. The molecule has 5 rings (SSSR count). The zero-order valence-corrected chi connectivity index (χ0v) is 23.9. The maximum atomic E-state index is 12.4. The van der Waals surface area contributed by atoms with Gasteiger partial charge < -0.3 is 25.6 Å². The van der Waals surface area contributed by atoms with Crippen molar-refractivity contribution in [3.8, 4) is 5.75 Å². The second kappa shape index (κ2) is 13.3. The van der Waals surface area contributed by atoms with Gasteiger partial charge in [0.15, 0.2) is 0 Å². The molecule has 3 N–H and O–H groups in total. The summed E-state index contributed by atoms with van der Waals surface area (Å²) in [7, 11) is 4.01. The number of nitrogens with one attached hydrogen (secondary N) is 3. The quantitative estimate of drug-likeness (QED) is 0.182. The van der Waals surface area contributed by atoms with Crippen LogP contribution in [0.15, 0.2) is 72.8 Å². The van der Waals surface area contributed by atoms with Crippen molar-refractivity contribution < 1.29 is 17.9 Å². The van der Waals surface area contributed by atoms with Crippen LogP contribution in [0.5, 0.6) is 5.75 Å². The average molecular weight is 579 g/mol. The number of hydrogen-bond acceptors (Lipinski definition) is 7. The van der Waals surface area contributed by atoms with Crippen LogP contribution < -0.4 is 25.6 Å². The summed E-state index contributed by atoms with van der Waals surface area (Å²) < 4.78 is 41.1. The Balaban J connectivity index is 1.07. The summed E-state index contributed by atoms with van der Waals surface area (Å²) >= 11 is 0. The minimum atomic E-state index is -4.69. The van der Waals surface area contributed by atoms with Gasteiger partial charge in [0.25, 0.3) is 0 Å². The highest BCUT2D eigenvalue weighted by molar-refractivity contribution is 5.90. The predicted octanol–water partition coefficient (Wildman–Crippen LogP) is 6.76. The summed E-state index contributed by atoms with van der Waals surface area (Å²) in [6, 6.07) is 23.0. The number of halogens is 3. The van der Waals surface area contributed by atoms with Crippen molar-refractivity contribution in [2.75, 3.05) is 36.2 Å². The van der Waals surface area contributed by atoms with Gasteiger partial charge in [-0.15, -0.1) is 13.2 Å². The Morgan fingerprint density at radius 3 is 2.21 bits per heavy atom. The second-order valence-corrected chi connectivity index (χ2v) is 10.9. The molecule has 1 heterocycles. The summed E-state index contributed by atoms with van der Waals surface area (Å²) in [5.74, 6) is 1.37. The first-order valence-corrected chi connectivity index (χ1v) is 14.3. The first kappa shape index (κ1) is 29.4. The van der Waals surface area contributed by atoms with Crippen molar-refractivity contribution in [3.63, 3.8) is 0 Å². The van der Waals surface area contributed by atoms with Gasteiger partial charge in [-0.05, 0) is 86.2 Å². The van der Waals surface area contributed by atoms with Crippen molar-refractivity contribution in [1.82, 2.24) is 15.3 Å². The third kappa shape index (κ3) is 8.03. The van der Waals surface area contributed by atoms with E-state index in [4.69, 9.17) is 9.97 Å². The van der Waals surface area contributed by atoms with Gasteiger partial charge in [0.2, 0.25) is 5.95 Å². The molecule has 3 aromatic carbocycles. The number of ether oxygens (including phenoxy) is 1. The number of para-hydroxylation sites is 1. The highest BCUT2D eigenvalue weighted by Gasteiger charge is 2.31. The summed E-state index contributed by atoms with van der Waals surface area (Å²) in [4.78, 5) is 11.6. The van der Waals surface area contributed by atoms with Crippen molar-refractivity contribution in [3.05, 3.63) is 83.9 Å². The number of anilines is 3. The zero-order valence-electron chi connectivity index (χ0n) is 23.9. The second-order valence-electron chi connectivity index (χ2n) is 10.9. The Labute approximate surface area is 244 Å². The molecule has 222 valence electrons. The molecular weight excluding hydrogens is 541 g/mol. The van der Waals surface area contributed by atoms with Crippen molar-refractivity contribution in [1.29, 1.82) is 0 Å². The molecule has 0 saturated heterocycles. The van der Waals surface area contributed by atoms with Gasteiger partial charge >= 0.3 is 6.36 Å². The number of nitrogens with zero attached hydrogens (tertiary/aromatic N) is 3. The SMILES string of the molecule is CN(C)c1nc(N[C@H]2CC[C@@H](NCCc3ccccc3CNc3ccc(OC(F)(F)F)cc3)CC2)nc2ccccc12. The summed E-state index contributed by atoms with van der Waals surface area (Å²) in [5, 5.41) is 11.7. The number of fused-ring (bicyclic) bond motifs is 1. The van der Waals surface area contributed by atoms with Crippen LogP contribution in [-0.4, -0.2) is 49.1 Å². The number of rotatable bonds is 11. The lowest BCUT2D eigenvalue weighted by atomic mass is 9.91. The van der Waals surface area contributed by atoms with E-state index in [2.05, 4.69) is 38.9 Å². The highest BCUT2D eigenvalue weighted by Crippen LogP contribution is 2.27. The Hall–Kier alpha value is -4.05. The van der Waals surface area contributed by atoms with Gasteiger partial charge in [-0.2, -0.15) is 4.98 Å². The van der Waals surface area contributed by atoms with Crippen LogP contribution in [0, 0.1) is 0 Å². The van der Waals surface area contributed by atoms with Gasteiger partial charge in [-0.3, -0.25) is 0 Å². The van der Waals surface area contributed by atoms with E-state index in [0.29, 0.717) is 24.6 Å². The lowest BCUT2D eigenvalue weighted by Crippen LogP contribution is -2.38. The van der Waals surface area contributed by atoms with E-state index in [1.54, 1.807) is 12.1 Å². The van der Waals surface area contributed by atoms with Crippen LogP contribution in [0.2, 0.25) is 0 Å². The summed E-state index contributed by atoms with van der Waals surface area (Å²) in [6.45, 7) is 1.46. The van der Waals surface area contributed by atoms with Crippen molar-refractivity contribution in [2.24, 2.45) is 0 Å². The van der Waals surface area contributed by atoms with Crippen LogP contribution in [0.1, 0.15) is 36.8 Å². The molecule has 1 aliphatic carbocycles. The van der Waals surface area contributed by atoms with Crippen LogP contribution in [0.25, 0.3) is 10.9 Å². The number of alkyl halides is 3. The monoisotopic (exact) mass is 578 g/mol. The molecule has 10 heteroatoms. The van der Waals surface area contributed by atoms with Gasteiger partial charge in [0.05, 0.1) is 5.52 Å². The third-order valence-electron chi connectivity index (χ3n) is 7.58. The fraction of sp³-hybridized carbons (Fsp3) is 0.375. The van der Waals surface area contributed by atoms with Crippen molar-refractivity contribution >= 4 is 28.4 Å². The Kier molecular flexibility index (Phi) is 9.31. The van der Waals surface area contributed by atoms with E-state index in [9.17, 15) is 13.2 Å². The minimum Gasteiger partial charge on any atom is -0.406 e. The smallest absolute Gasteiger partial charge is 0.406 e. The standard InChI is InChI=1S/C32H37F3N6O/c1-41(2)30-28-9-5-6-10-29(28)39-31(40-30)38-26-13-11-24(12-14-26)36-20-19-22-7-3-4-8-23(22)21-37-25-15-17-27(18-16-25)42-32(33,34)35/h3-10,15-18,24,26,36-37H,11-14,19-21H2,1-2H3,(H,38,39,40)/t24-,26+. The molecule has 1 aromatic heterocycles. The summed E-state index contributed by atoms with van der Waals surface area (Å²) in [5.41, 5.74) is 4.08. The maximum absolute atomic E-state index is 12.4. The molecule has 0 amide bonds. The molecule has 7 nitrogen and oxygen atoms in total. The molecule has 42 heavy (non-hydrogen) atoms. The molecule has 0 aliphatic heterocycles. The molecule has 1 saturated carbocycles. The first-order valence-electron chi connectivity index (χ1n) is 14.3. The van der Waals surface area contributed by atoms with Gasteiger partial charge in [-0.25, -0.2) is 4.98 Å². The number of aromatic nitrogens is 2. The van der Waals surface area contributed by atoms with E-state index in [1.807, 2.05) is 49.3 Å².